The van der Waals surface area contributed by atoms with Gasteiger partial charge in [0.25, 0.3) is 10.0 Å². The third-order valence-corrected chi connectivity index (χ3v) is 6.34. The van der Waals surface area contributed by atoms with Gasteiger partial charge in [-0.2, -0.15) is 0 Å². The van der Waals surface area contributed by atoms with Crippen LogP contribution in [0.2, 0.25) is 5.15 Å². The Bertz CT molecular complexity index is 1290. The lowest BCUT2D eigenvalue weighted by Gasteiger charge is -2.32. The van der Waals surface area contributed by atoms with E-state index in [4.69, 9.17) is 31.2 Å². The number of sulfonamides is 1. The van der Waals surface area contributed by atoms with Crippen LogP contribution in [0.1, 0.15) is 11.3 Å². The van der Waals surface area contributed by atoms with Crippen LogP contribution in [0.3, 0.4) is 0 Å². The summed E-state index contributed by atoms with van der Waals surface area (Å²) in [6, 6.07) is 6.71. The average Bonchev–Trinajstić information content (AvgIpc) is 3.09. The molecule has 0 aromatic carbocycles. The molecule has 3 aromatic rings. The number of amides is 1. The lowest BCUT2D eigenvalue weighted by molar-refractivity contribution is -0.0241. The number of nitrogens with two attached hydrogens (primary N) is 1. The Labute approximate surface area is 190 Å². The number of hydrogen-bond acceptors (Lipinski definition) is 7. The lowest BCUT2D eigenvalue weighted by Crippen LogP contribution is -2.46. The Balaban J connectivity index is 1.77. The van der Waals surface area contributed by atoms with Gasteiger partial charge in [0.1, 0.15) is 10.8 Å². The van der Waals surface area contributed by atoms with Crippen molar-refractivity contribution in [3.63, 3.8) is 0 Å². The van der Waals surface area contributed by atoms with Crippen LogP contribution in [-0.4, -0.2) is 66.7 Å². The molecule has 3 aromatic heterocycles. The molecule has 1 atom stereocenters. The maximum Gasteiger partial charge on any atom is 0.409 e. The number of aryl methyl sites for hydroxylation is 1. The van der Waals surface area contributed by atoms with E-state index in [1.54, 1.807) is 4.90 Å². The van der Waals surface area contributed by atoms with E-state index >= 15 is 0 Å². The highest BCUT2D eigenvalue weighted by atomic mass is 35.5. The van der Waals surface area contributed by atoms with Crippen molar-refractivity contribution >= 4 is 33.4 Å². The van der Waals surface area contributed by atoms with Crippen LogP contribution < -0.4 is 5.14 Å². The SMILES string of the molecule is COC(=O)N1CCO[C@@H](Cc2c(-c3ccc(S(N)(=O)=O)nc3Cl)nc3cc(C)ccn23)C1. The summed E-state index contributed by atoms with van der Waals surface area (Å²) >= 11 is 6.35. The normalized spacial score (nSPS) is 17.0. The molecule has 1 saturated heterocycles. The maximum absolute atomic E-state index is 12.0. The predicted molar refractivity (Wildman–Crippen MR) is 117 cm³/mol. The van der Waals surface area contributed by atoms with Gasteiger partial charge in [-0.1, -0.05) is 11.6 Å². The number of pyridine rings is 2. The predicted octanol–water partition coefficient (Wildman–Crippen LogP) is 2.02. The second kappa shape index (κ2) is 8.66. The minimum Gasteiger partial charge on any atom is -0.453 e. The number of carbonyl (C=O) groups is 1. The van der Waals surface area contributed by atoms with Crippen LogP contribution in [0.15, 0.2) is 35.5 Å². The number of ether oxygens (including phenoxy) is 2. The van der Waals surface area contributed by atoms with E-state index in [0.717, 1.165) is 11.3 Å². The fourth-order valence-electron chi connectivity index (χ4n) is 3.71. The lowest BCUT2D eigenvalue weighted by atomic mass is 10.1. The number of halogens is 1. The summed E-state index contributed by atoms with van der Waals surface area (Å²) in [4.78, 5) is 22.2. The fraction of sp³-hybridized carbons (Fsp3) is 0.350. The quantitative estimate of drug-likeness (QED) is 0.566. The molecule has 10 nitrogen and oxygen atoms in total. The molecule has 1 aliphatic rings. The average molecular weight is 480 g/mol. The molecule has 1 amide bonds. The number of imidazole rings is 1. The topological polar surface area (TPSA) is 129 Å². The molecular formula is C20H22ClN5O5S. The monoisotopic (exact) mass is 479 g/mol. The van der Waals surface area contributed by atoms with Gasteiger partial charge < -0.3 is 18.8 Å². The fourth-order valence-corrected chi connectivity index (χ4v) is 4.48. The van der Waals surface area contributed by atoms with Gasteiger partial charge in [-0.05, 0) is 36.8 Å². The molecule has 2 N–H and O–H groups in total. The first kappa shape index (κ1) is 22.5. The van der Waals surface area contributed by atoms with E-state index in [0.29, 0.717) is 43.0 Å². The number of morpholine rings is 1. The van der Waals surface area contributed by atoms with Crippen molar-refractivity contribution in [3.8, 4) is 11.3 Å². The molecule has 12 heteroatoms. The molecule has 32 heavy (non-hydrogen) atoms. The number of primary sulfonamides is 1. The zero-order valence-electron chi connectivity index (χ0n) is 17.5. The number of aromatic nitrogens is 3. The summed E-state index contributed by atoms with van der Waals surface area (Å²) in [6.45, 7) is 3.16. The van der Waals surface area contributed by atoms with Crippen molar-refractivity contribution in [3.05, 3.63) is 46.9 Å². The molecule has 0 aliphatic carbocycles. The molecule has 0 unspecified atom stereocenters. The molecule has 4 heterocycles. The number of carbonyl (C=O) groups excluding carboxylic acids is 1. The number of methoxy groups -OCH3 is 1. The van der Waals surface area contributed by atoms with Crippen molar-refractivity contribution in [1.82, 2.24) is 19.3 Å². The molecule has 0 saturated carbocycles. The molecule has 1 aliphatic heterocycles. The van der Waals surface area contributed by atoms with E-state index in [9.17, 15) is 13.2 Å². The van der Waals surface area contributed by atoms with E-state index in [-0.39, 0.29) is 16.3 Å². The first-order valence-electron chi connectivity index (χ1n) is 9.79. The van der Waals surface area contributed by atoms with Gasteiger partial charge in [0.2, 0.25) is 0 Å². The number of rotatable bonds is 4. The van der Waals surface area contributed by atoms with Crippen molar-refractivity contribution in [2.75, 3.05) is 26.8 Å². The van der Waals surface area contributed by atoms with E-state index in [1.807, 2.05) is 29.7 Å². The smallest absolute Gasteiger partial charge is 0.409 e. The molecule has 0 bridgehead atoms. The van der Waals surface area contributed by atoms with E-state index in [2.05, 4.69) is 4.98 Å². The van der Waals surface area contributed by atoms with Crippen molar-refractivity contribution < 1.29 is 22.7 Å². The summed E-state index contributed by atoms with van der Waals surface area (Å²) in [5.74, 6) is 0. The minimum atomic E-state index is -3.99. The van der Waals surface area contributed by atoms with Gasteiger partial charge in [-0.15, -0.1) is 0 Å². The first-order valence-corrected chi connectivity index (χ1v) is 11.7. The van der Waals surface area contributed by atoms with Gasteiger partial charge in [0, 0.05) is 24.7 Å². The number of nitrogens with zero attached hydrogens (tertiary/aromatic N) is 4. The highest BCUT2D eigenvalue weighted by Gasteiger charge is 2.28. The summed E-state index contributed by atoms with van der Waals surface area (Å²) < 4.78 is 35.9. The van der Waals surface area contributed by atoms with Gasteiger partial charge in [-0.25, -0.2) is 28.3 Å². The molecule has 170 valence electrons. The van der Waals surface area contributed by atoms with Crippen molar-refractivity contribution in [2.45, 2.75) is 24.5 Å². The van der Waals surface area contributed by atoms with E-state index < -0.39 is 16.1 Å². The van der Waals surface area contributed by atoms with Crippen LogP contribution >= 0.6 is 11.6 Å². The van der Waals surface area contributed by atoms with Crippen LogP contribution in [0.4, 0.5) is 4.79 Å². The molecule has 0 spiro atoms. The van der Waals surface area contributed by atoms with Crippen LogP contribution in [0.25, 0.3) is 16.9 Å². The summed E-state index contributed by atoms with van der Waals surface area (Å²) in [5.41, 5.74) is 3.54. The molecule has 4 rings (SSSR count). The van der Waals surface area contributed by atoms with E-state index in [1.165, 1.54) is 19.2 Å². The standard InChI is InChI=1S/C20H22ClN5O5S/c1-12-5-6-26-15(10-13-11-25(7-8-31-13)20(27)30-2)18(23-16(26)9-12)14-3-4-17(24-19(14)21)32(22,28)29/h3-6,9,13H,7-8,10-11H2,1-2H3,(H2,22,28,29)/t13-/m0/s1. The zero-order valence-corrected chi connectivity index (χ0v) is 19.1. The molecular weight excluding hydrogens is 458 g/mol. The number of fused-ring (bicyclic) bond motifs is 1. The molecule has 1 fully saturated rings. The third kappa shape index (κ3) is 4.42. The zero-order chi connectivity index (χ0) is 23.0. The van der Waals surface area contributed by atoms with Crippen LogP contribution in [0.5, 0.6) is 0 Å². The third-order valence-electron chi connectivity index (χ3n) is 5.24. The highest BCUT2D eigenvalue weighted by molar-refractivity contribution is 7.89. The van der Waals surface area contributed by atoms with Gasteiger partial charge in [-0.3, -0.25) is 0 Å². The largest absolute Gasteiger partial charge is 0.453 e. The minimum absolute atomic E-state index is 0.0290. The van der Waals surface area contributed by atoms with Crippen LogP contribution in [-0.2, 0) is 25.9 Å². The second-order valence-corrected chi connectivity index (χ2v) is 9.35. The molecule has 0 radical (unpaired) electrons. The number of hydrogen-bond donors (Lipinski definition) is 1. The Morgan fingerprint density at radius 1 is 1.34 bits per heavy atom. The Hall–Kier alpha value is -2.73. The van der Waals surface area contributed by atoms with Crippen molar-refractivity contribution in [1.29, 1.82) is 0 Å². The Kier molecular flexibility index (Phi) is 6.08. The van der Waals surface area contributed by atoms with Crippen molar-refractivity contribution in [2.24, 2.45) is 5.14 Å². The summed E-state index contributed by atoms with van der Waals surface area (Å²) in [6.07, 6.45) is 1.63. The first-order chi connectivity index (χ1) is 15.2. The van der Waals surface area contributed by atoms with Gasteiger partial charge in [0.05, 0.1) is 37.8 Å². The Morgan fingerprint density at radius 2 is 2.12 bits per heavy atom. The maximum atomic E-state index is 12.0. The second-order valence-electron chi connectivity index (χ2n) is 7.49. The summed E-state index contributed by atoms with van der Waals surface area (Å²) in [7, 11) is -2.65. The van der Waals surface area contributed by atoms with Gasteiger partial charge in [0.15, 0.2) is 5.03 Å². The van der Waals surface area contributed by atoms with Gasteiger partial charge >= 0.3 is 6.09 Å². The summed E-state index contributed by atoms with van der Waals surface area (Å²) in [5, 5.41) is 4.82. The van der Waals surface area contributed by atoms with Crippen LogP contribution in [0, 0.1) is 6.92 Å². The highest BCUT2D eigenvalue weighted by Crippen LogP contribution is 2.32. The Morgan fingerprint density at radius 3 is 2.81 bits per heavy atom.